The molecule has 86 valence electrons. The zero-order chi connectivity index (χ0) is 12.1. The summed E-state index contributed by atoms with van der Waals surface area (Å²) in [7, 11) is 0. The van der Waals surface area contributed by atoms with Gasteiger partial charge < -0.3 is 5.32 Å². The summed E-state index contributed by atoms with van der Waals surface area (Å²) < 4.78 is 0. The molecule has 16 heavy (non-hydrogen) atoms. The monoisotopic (exact) mass is 240 g/mol. The highest BCUT2D eigenvalue weighted by Crippen LogP contribution is 2.18. The SMILES string of the molecule is C=C(Cl)CNC(C)c1cccc([N+](=O)[O-])c1. The van der Waals surface area contributed by atoms with Crippen molar-refractivity contribution >= 4 is 17.3 Å². The van der Waals surface area contributed by atoms with Crippen molar-refractivity contribution in [2.24, 2.45) is 0 Å². The van der Waals surface area contributed by atoms with Crippen LogP contribution in [0, 0.1) is 10.1 Å². The van der Waals surface area contributed by atoms with Crippen molar-refractivity contribution in [3.63, 3.8) is 0 Å². The zero-order valence-electron chi connectivity index (χ0n) is 8.94. The first-order valence-electron chi connectivity index (χ1n) is 4.81. The summed E-state index contributed by atoms with van der Waals surface area (Å²) in [6.07, 6.45) is 0. The van der Waals surface area contributed by atoms with E-state index in [1.54, 1.807) is 12.1 Å². The third kappa shape index (κ3) is 3.64. The van der Waals surface area contributed by atoms with Gasteiger partial charge in [0, 0.05) is 29.8 Å². The van der Waals surface area contributed by atoms with Gasteiger partial charge in [-0.25, -0.2) is 0 Å². The van der Waals surface area contributed by atoms with Gasteiger partial charge in [0.1, 0.15) is 0 Å². The van der Waals surface area contributed by atoms with Crippen LogP contribution in [-0.4, -0.2) is 11.5 Å². The minimum absolute atomic E-state index is 0.00426. The fourth-order valence-electron chi connectivity index (χ4n) is 1.29. The lowest BCUT2D eigenvalue weighted by Gasteiger charge is -2.13. The third-order valence-electron chi connectivity index (χ3n) is 2.18. The molecule has 0 aliphatic heterocycles. The minimum Gasteiger partial charge on any atom is -0.305 e. The average molecular weight is 241 g/mol. The smallest absolute Gasteiger partial charge is 0.269 e. The molecule has 0 saturated heterocycles. The van der Waals surface area contributed by atoms with E-state index in [0.717, 1.165) is 5.56 Å². The Bertz CT molecular complexity index is 407. The van der Waals surface area contributed by atoms with Crippen molar-refractivity contribution in [2.45, 2.75) is 13.0 Å². The van der Waals surface area contributed by atoms with E-state index in [0.29, 0.717) is 11.6 Å². The number of nitro groups is 1. The number of benzene rings is 1. The van der Waals surface area contributed by atoms with Gasteiger partial charge in [-0.05, 0) is 12.5 Å². The van der Waals surface area contributed by atoms with Crippen molar-refractivity contribution in [3.8, 4) is 0 Å². The fraction of sp³-hybridized carbons (Fsp3) is 0.273. The second kappa shape index (κ2) is 5.63. The minimum atomic E-state index is -0.406. The molecule has 0 bridgehead atoms. The van der Waals surface area contributed by atoms with Crippen molar-refractivity contribution in [1.29, 1.82) is 0 Å². The Kier molecular flexibility index (Phi) is 4.46. The molecule has 1 atom stereocenters. The van der Waals surface area contributed by atoms with Crippen LogP contribution in [0.15, 0.2) is 35.9 Å². The first-order valence-corrected chi connectivity index (χ1v) is 5.19. The zero-order valence-corrected chi connectivity index (χ0v) is 9.70. The van der Waals surface area contributed by atoms with Gasteiger partial charge in [-0.1, -0.05) is 30.3 Å². The Balaban J connectivity index is 2.75. The number of nitrogens with zero attached hydrogens (tertiary/aromatic N) is 1. The van der Waals surface area contributed by atoms with E-state index in [1.807, 2.05) is 13.0 Å². The lowest BCUT2D eigenvalue weighted by atomic mass is 10.1. The van der Waals surface area contributed by atoms with Crippen LogP contribution in [0.2, 0.25) is 0 Å². The molecule has 0 radical (unpaired) electrons. The molecule has 0 amide bonds. The molecule has 0 aliphatic rings. The summed E-state index contributed by atoms with van der Waals surface area (Å²) in [5.74, 6) is 0. The Labute approximate surface area is 99.1 Å². The van der Waals surface area contributed by atoms with E-state index >= 15 is 0 Å². The second-order valence-electron chi connectivity index (χ2n) is 3.47. The average Bonchev–Trinajstić information content (AvgIpc) is 2.26. The van der Waals surface area contributed by atoms with Gasteiger partial charge in [0.2, 0.25) is 0 Å². The van der Waals surface area contributed by atoms with Crippen LogP contribution in [0.25, 0.3) is 0 Å². The van der Waals surface area contributed by atoms with Gasteiger partial charge in [-0.2, -0.15) is 0 Å². The molecule has 0 spiro atoms. The van der Waals surface area contributed by atoms with Crippen LogP contribution < -0.4 is 5.32 Å². The number of rotatable bonds is 5. The van der Waals surface area contributed by atoms with Crippen LogP contribution >= 0.6 is 11.6 Å². The summed E-state index contributed by atoms with van der Waals surface area (Å²) in [6.45, 7) is 5.95. The summed E-state index contributed by atoms with van der Waals surface area (Å²) in [5, 5.41) is 14.2. The highest BCUT2D eigenvalue weighted by atomic mass is 35.5. The van der Waals surface area contributed by atoms with Crippen molar-refractivity contribution in [3.05, 3.63) is 51.6 Å². The number of halogens is 1. The van der Waals surface area contributed by atoms with E-state index in [4.69, 9.17) is 11.6 Å². The molecule has 0 aliphatic carbocycles. The maximum atomic E-state index is 10.6. The number of hydrogen-bond acceptors (Lipinski definition) is 3. The highest BCUT2D eigenvalue weighted by molar-refractivity contribution is 6.29. The summed E-state index contributed by atoms with van der Waals surface area (Å²) in [4.78, 5) is 10.2. The topological polar surface area (TPSA) is 55.2 Å². The molecular formula is C11H13ClN2O2. The van der Waals surface area contributed by atoms with Gasteiger partial charge in [0.15, 0.2) is 0 Å². The molecule has 0 heterocycles. The Morgan fingerprint density at radius 1 is 1.69 bits per heavy atom. The third-order valence-corrected chi connectivity index (χ3v) is 2.31. The van der Waals surface area contributed by atoms with E-state index in [1.165, 1.54) is 6.07 Å². The standard InChI is InChI=1S/C11H13ClN2O2/c1-8(12)7-13-9(2)10-4-3-5-11(6-10)14(15)16/h3-6,9,13H,1,7H2,2H3. The van der Waals surface area contributed by atoms with Gasteiger partial charge in [0.25, 0.3) is 5.69 Å². The largest absolute Gasteiger partial charge is 0.305 e. The lowest BCUT2D eigenvalue weighted by Crippen LogP contribution is -2.19. The normalized spacial score (nSPS) is 12.1. The van der Waals surface area contributed by atoms with Crippen molar-refractivity contribution in [2.75, 3.05) is 6.54 Å². The van der Waals surface area contributed by atoms with Crippen LogP contribution in [0.4, 0.5) is 5.69 Å². The number of nitro benzene ring substituents is 1. The number of nitrogens with one attached hydrogen (secondary N) is 1. The predicted octanol–water partition coefficient (Wildman–Crippen LogP) is 3.00. The molecule has 1 N–H and O–H groups in total. The Morgan fingerprint density at radius 3 is 2.94 bits per heavy atom. The van der Waals surface area contributed by atoms with Crippen LogP contribution in [0.3, 0.4) is 0 Å². The van der Waals surface area contributed by atoms with Gasteiger partial charge >= 0.3 is 0 Å². The van der Waals surface area contributed by atoms with E-state index in [2.05, 4.69) is 11.9 Å². The first-order chi connectivity index (χ1) is 7.50. The van der Waals surface area contributed by atoms with E-state index in [9.17, 15) is 10.1 Å². The number of non-ortho nitro benzene ring substituents is 1. The van der Waals surface area contributed by atoms with Crippen molar-refractivity contribution in [1.82, 2.24) is 5.32 Å². The summed E-state index contributed by atoms with van der Waals surface area (Å²) in [5.41, 5.74) is 0.947. The maximum absolute atomic E-state index is 10.6. The molecule has 4 nitrogen and oxygen atoms in total. The Hall–Kier alpha value is -1.39. The first kappa shape index (κ1) is 12.7. The second-order valence-corrected chi connectivity index (χ2v) is 4.01. The van der Waals surface area contributed by atoms with Crippen LogP contribution in [0.1, 0.15) is 18.5 Å². The van der Waals surface area contributed by atoms with E-state index in [-0.39, 0.29) is 11.7 Å². The molecule has 1 rings (SSSR count). The summed E-state index contributed by atoms with van der Waals surface area (Å²) in [6, 6.07) is 6.52. The molecule has 1 unspecified atom stereocenters. The van der Waals surface area contributed by atoms with Gasteiger partial charge in [0.05, 0.1) is 4.92 Å². The molecule has 0 saturated carbocycles. The quantitative estimate of drug-likeness (QED) is 0.636. The molecule has 5 heteroatoms. The van der Waals surface area contributed by atoms with Gasteiger partial charge in [-0.15, -0.1) is 0 Å². The fourth-order valence-corrected chi connectivity index (χ4v) is 1.37. The van der Waals surface area contributed by atoms with Crippen LogP contribution in [-0.2, 0) is 0 Å². The van der Waals surface area contributed by atoms with E-state index < -0.39 is 4.92 Å². The molecular weight excluding hydrogens is 228 g/mol. The van der Waals surface area contributed by atoms with Crippen LogP contribution in [0.5, 0.6) is 0 Å². The van der Waals surface area contributed by atoms with Gasteiger partial charge in [-0.3, -0.25) is 10.1 Å². The number of hydrogen-bond donors (Lipinski definition) is 1. The Morgan fingerprint density at radius 2 is 2.38 bits per heavy atom. The molecule has 1 aromatic carbocycles. The van der Waals surface area contributed by atoms with Crippen molar-refractivity contribution < 1.29 is 4.92 Å². The highest BCUT2D eigenvalue weighted by Gasteiger charge is 2.10. The molecule has 0 aromatic heterocycles. The maximum Gasteiger partial charge on any atom is 0.269 e. The molecule has 0 fully saturated rings. The lowest BCUT2D eigenvalue weighted by molar-refractivity contribution is -0.384. The molecule has 1 aromatic rings. The predicted molar refractivity (Wildman–Crippen MR) is 64.5 cm³/mol. The summed E-state index contributed by atoms with van der Waals surface area (Å²) >= 11 is 5.63.